The predicted molar refractivity (Wildman–Crippen MR) is 78.2 cm³/mol. The van der Waals surface area contributed by atoms with Gasteiger partial charge in [0.1, 0.15) is 0 Å². The summed E-state index contributed by atoms with van der Waals surface area (Å²) in [5.41, 5.74) is 1.28. The molecular formula is C11H18ClN3O2S2. The Labute approximate surface area is 123 Å². The summed E-state index contributed by atoms with van der Waals surface area (Å²) in [6, 6.07) is 0. The maximum Gasteiger partial charge on any atom is 0.262 e. The number of hydrogen-bond acceptors (Lipinski definition) is 4. The largest absolute Gasteiger partial charge is 0.281 e. The summed E-state index contributed by atoms with van der Waals surface area (Å²) in [5.74, 6) is 0.143. The molecule has 2 heterocycles. The van der Waals surface area contributed by atoms with Gasteiger partial charge in [0.15, 0.2) is 5.03 Å². The molecule has 0 bridgehead atoms. The Balaban J connectivity index is 2.36. The molecule has 1 saturated heterocycles. The van der Waals surface area contributed by atoms with E-state index in [0.29, 0.717) is 24.3 Å². The Hall–Kier alpha value is -0.240. The lowest BCUT2D eigenvalue weighted by molar-refractivity contribution is 0.402. The smallest absolute Gasteiger partial charge is 0.262 e. The summed E-state index contributed by atoms with van der Waals surface area (Å²) in [6.45, 7) is 6.90. The second-order valence-corrected chi connectivity index (χ2v) is 8.85. The number of nitrogens with one attached hydrogen (secondary N) is 1. The zero-order chi connectivity index (χ0) is 14.2. The average Bonchev–Trinajstić information content (AvgIpc) is 2.69. The van der Waals surface area contributed by atoms with Crippen molar-refractivity contribution in [2.45, 2.75) is 42.2 Å². The number of halogens is 1. The van der Waals surface area contributed by atoms with Crippen LogP contribution in [0.5, 0.6) is 0 Å². The van der Waals surface area contributed by atoms with Crippen molar-refractivity contribution in [1.82, 2.24) is 14.5 Å². The first-order valence-corrected chi connectivity index (χ1v) is 9.03. The maximum atomic E-state index is 12.6. The molecule has 1 aromatic rings. The van der Waals surface area contributed by atoms with Crippen molar-refractivity contribution in [3.8, 4) is 0 Å². The number of thioether (sulfide) groups is 1. The van der Waals surface area contributed by atoms with Gasteiger partial charge in [-0.2, -0.15) is 21.2 Å². The highest BCUT2D eigenvalue weighted by Crippen LogP contribution is 2.30. The van der Waals surface area contributed by atoms with Crippen LogP contribution in [-0.4, -0.2) is 46.5 Å². The average molecular weight is 324 g/mol. The minimum atomic E-state index is -3.56. The van der Waals surface area contributed by atoms with Crippen LogP contribution in [0, 0.1) is 6.92 Å². The fourth-order valence-corrected chi connectivity index (χ4v) is 5.95. The van der Waals surface area contributed by atoms with E-state index in [2.05, 4.69) is 10.2 Å². The van der Waals surface area contributed by atoms with Crippen molar-refractivity contribution in [3.63, 3.8) is 0 Å². The van der Waals surface area contributed by atoms with E-state index in [1.807, 2.05) is 25.6 Å². The summed E-state index contributed by atoms with van der Waals surface area (Å²) in [4.78, 5) is 0. The highest BCUT2D eigenvalue weighted by atomic mass is 35.5. The van der Waals surface area contributed by atoms with E-state index in [1.54, 1.807) is 6.92 Å². The van der Waals surface area contributed by atoms with Crippen molar-refractivity contribution in [2.75, 3.05) is 13.1 Å². The van der Waals surface area contributed by atoms with Crippen molar-refractivity contribution < 1.29 is 8.42 Å². The van der Waals surface area contributed by atoms with E-state index in [1.165, 1.54) is 4.31 Å². The summed E-state index contributed by atoms with van der Waals surface area (Å²) in [7, 11) is -3.56. The number of rotatable bonds is 3. The van der Waals surface area contributed by atoms with E-state index in [-0.39, 0.29) is 21.4 Å². The SMILES string of the molecule is Cc1[nH]nc(S(=O)(=O)N2CC(C)SC(C)C2)c1CCl. The summed E-state index contributed by atoms with van der Waals surface area (Å²) < 4.78 is 26.8. The molecule has 1 aliphatic heterocycles. The molecule has 2 atom stereocenters. The van der Waals surface area contributed by atoms with Crippen LogP contribution in [0.1, 0.15) is 25.1 Å². The topological polar surface area (TPSA) is 66.1 Å². The molecule has 1 aromatic heterocycles. The lowest BCUT2D eigenvalue weighted by atomic mass is 10.3. The van der Waals surface area contributed by atoms with Gasteiger partial charge in [0.05, 0.1) is 5.88 Å². The van der Waals surface area contributed by atoms with Crippen LogP contribution in [0.15, 0.2) is 5.03 Å². The van der Waals surface area contributed by atoms with Gasteiger partial charge in [0.25, 0.3) is 10.0 Å². The molecule has 108 valence electrons. The van der Waals surface area contributed by atoms with Crippen LogP contribution in [0.2, 0.25) is 0 Å². The number of sulfonamides is 1. The van der Waals surface area contributed by atoms with Crippen LogP contribution in [0.3, 0.4) is 0 Å². The Bertz CT molecular complexity index is 548. The first-order valence-electron chi connectivity index (χ1n) is 6.11. The minimum Gasteiger partial charge on any atom is -0.281 e. The van der Waals surface area contributed by atoms with Crippen LogP contribution in [-0.2, 0) is 15.9 Å². The number of aromatic amines is 1. The molecule has 0 spiro atoms. The molecule has 8 heteroatoms. The Kier molecular flexibility index (Phi) is 4.49. The Morgan fingerprint density at radius 2 is 2.00 bits per heavy atom. The lowest BCUT2D eigenvalue weighted by Crippen LogP contribution is -2.44. The van der Waals surface area contributed by atoms with Crippen molar-refractivity contribution in [1.29, 1.82) is 0 Å². The first kappa shape index (κ1) is 15.2. The highest BCUT2D eigenvalue weighted by Gasteiger charge is 2.35. The van der Waals surface area contributed by atoms with E-state index >= 15 is 0 Å². The zero-order valence-electron chi connectivity index (χ0n) is 11.2. The first-order chi connectivity index (χ1) is 8.86. The summed E-state index contributed by atoms with van der Waals surface area (Å²) in [6.07, 6.45) is 0. The third kappa shape index (κ3) is 2.94. The number of nitrogens with zero attached hydrogens (tertiary/aromatic N) is 2. The van der Waals surface area contributed by atoms with Gasteiger partial charge in [-0.25, -0.2) is 8.42 Å². The molecular weight excluding hydrogens is 306 g/mol. The van der Waals surface area contributed by atoms with Crippen molar-refractivity contribution >= 4 is 33.4 Å². The number of aryl methyl sites for hydroxylation is 1. The molecule has 0 aliphatic carbocycles. The van der Waals surface area contributed by atoms with E-state index in [9.17, 15) is 8.42 Å². The molecule has 2 rings (SSSR count). The second-order valence-electron chi connectivity index (χ2n) is 4.85. The molecule has 0 radical (unpaired) electrons. The highest BCUT2D eigenvalue weighted by molar-refractivity contribution is 8.00. The normalized spacial score (nSPS) is 25.7. The second kappa shape index (κ2) is 5.63. The van der Waals surface area contributed by atoms with Gasteiger partial charge in [-0.15, -0.1) is 11.6 Å². The van der Waals surface area contributed by atoms with E-state index in [4.69, 9.17) is 11.6 Å². The number of alkyl halides is 1. The van der Waals surface area contributed by atoms with Crippen LogP contribution >= 0.6 is 23.4 Å². The molecule has 0 amide bonds. The summed E-state index contributed by atoms with van der Waals surface area (Å²) >= 11 is 7.64. The van der Waals surface area contributed by atoms with Crippen molar-refractivity contribution in [3.05, 3.63) is 11.3 Å². The van der Waals surface area contributed by atoms with Crippen LogP contribution < -0.4 is 0 Å². The van der Waals surface area contributed by atoms with Gasteiger partial charge in [-0.3, -0.25) is 5.10 Å². The molecule has 0 saturated carbocycles. The monoisotopic (exact) mass is 323 g/mol. The Morgan fingerprint density at radius 3 is 2.53 bits per heavy atom. The van der Waals surface area contributed by atoms with Gasteiger partial charge in [-0.1, -0.05) is 13.8 Å². The molecule has 1 N–H and O–H groups in total. The molecule has 0 aromatic carbocycles. The third-order valence-electron chi connectivity index (χ3n) is 3.14. The quantitative estimate of drug-likeness (QED) is 0.864. The van der Waals surface area contributed by atoms with Gasteiger partial charge >= 0.3 is 0 Å². The van der Waals surface area contributed by atoms with Gasteiger partial charge in [0.2, 0.25) is 0 Å². The zero-order valence-corrected chi connectivity index (χ0v) is 13.6. The minimum absolute atomic E-state index is 0.0753. The van der Waals surface area contributed by atoms with Crippen molar-refractivity contribution in [2.24, 2.45) is 0 Å². The summed E-state index contributed by atoms with van der Waals surface area (Å²) in [5, 5.41) is 7.30. The van der Waals surface area contributed by atoms with Crippen LogP contribution in [0.4, 0.5) is 0 Å². The Morgan fingerprint density at radius 1 is 1.42 bits per heavy atom. The molecule has 1 aliphatic rings. The molecule has 5 nitrogen and oxygen atoms in total. The van der Waals surface area contributed by atoms with E-state index in [0.717, 1.165) is 0 Å². The molecule has 1 fully saturated rings. The van der Waals surface area contributed by atoms with Crippen LogP contribution in [0.25, 0.3) is 0 Å². The number of hydrogen-bond donors (Lipinski definition) is 1. The lowest BCUT2D eigenvalue weighted by Gasteiger charge is -2.33. The predicted octanol–water partition coefficient (Wildman–Crippen LogP) is 1.97. The number of aromatic nitrogens is 2. The maximum absolute atomic E-state index is 12.6. The fourth-order valence-electron chi connectivity index (χ4n) is 2.25. The number of H-pyrrole nitrogens is 1. The fraction of sp³-hybridized carbons (Fsp3) is 0.727. The third-order valence-corrected chi connectivity index (χ3v) is 6.44. The van der Waals surface area contributed by atoms with Gasteiger partial charge < -0.3 is 0 Å². The molecule has 2 unspecified atom stereocenters. The van der Waals surface area contributed by atoms with Gasteiger partial charge in [0, 0.05) is 34.8 Å². The van der Waals surface area contributed by atoms with E-state index < -0.39 is 10.0 Å². The molecule has 19 heavy (non-hydrogen) atoms. The standard InChI is InChI=1S/C11H18ClN3O2S2/c1-7-5-15(6-8(2)18-7)19(16,17)11-10(4-12)9(3)13-14-11/h7-8H,4-6H2,1-3H3,(H,13,14). The van der Waals surface area contributed by atoms with Gasteiger partial charge in [-0.05, 0) is 6.92 Å².